The number of hydrogen-bond donors (Lipinski definition) is 0. The molecule has 1 atom stereocenters. The average molecular weight is 191 g/mol. The Morgan fingerprint density at radius 2 is 2.21 bits per heavy atom. The SMILES string of the molecule is COc1ccccc1C1=NC(C)CO1. The molecule has 0 amide bonds. The molecule has 0 fully saturated rings. The smallest absolute Gasteiger partial charge is 0.220 e. The molecule has 1 aliphatic rings. The van der Waals surface area contributed by atoms with E-state index in [4.69, 9.17) is 9.47 Å². The van der Waals surface area contributed by atoms with Crippen molar-refractivity contribution >= 4 is 5.90 Å². The lowest BCUT2D eigenvalue weighted by molar-refractivity contribution is 0.322. The number of hydrogen-bond acceptors (Lipinski definition) is 3. The maximum absolute atomic E-state index is 5.46. The number of benzene rings is 1. The van der Waals surface area contributed by atoms with Crippen molar-refractivity contribution in [1.82, 2.24) is 0 Å². The molecular formula is C11H13NO2. The van der Waals surface area contributed by atoms with Crippen molar-refractivity contribution < 1.29 is 9.47 Å². The largest absolute Gasteiger partial charge is 0.496 e. The molecule has 2 rings (SSSR count). The van der Waals surface area contributed by atoms with Gasteiger partial charge in [-0.15, -0.1) is 0 Å². The topological polar surface area (TPSA) is 30.8 Å². The zero-order valence-electron chi connectivity index (χ0n) is 8.36. The van der Waals surface area contributed by atoms with Gasteiger partial charge in [-0.25, -0.2) is 4.99 Å². The molecule has 1 unspecified atom stereocenters. The highest BCUT2D eigenvalue weighted by atomic mass is 16.5. The fraction of sp³-hybridized carbons (Fsp3) is 0.364. The second-order valence-electron chi connectivity index (χ2n) is 3.29. The Labute approximate surface area is 83.4 Å². The zero-order valence-corrected chi connectivity index (χ0v) is 8.36. The number of rotatable bonds is 2. The second kappa shape index (κ2) is 3.70. The van der Waals surface area contributed by atoms with Gasteiger partial charge >= 0.3 is 0 Å². The lowest BCUT2D eigenvalue weighted by Crippen LogP contribution is -2.03. The molecule has 0 radical (unpaired) electrons. The van der Waals surface area contributed by atoms with Crippen LogP contribution in [0.25, 0.3) is 0 Å². The molecule has 1 aliphatic heterocycles. The van der Waals surface area contributed by atoms with Gasteiger partial charge in [0, 0.05) is 0 Å². The van der Waals surface area contributed by atoms with Crippen LogP contribution >= 0.6 is 0 Å². The van der Waals surface area contributed by atoms with Crippen LogP contribution in [0.5, 0.6) is 5.75 Å². The van der Waals surface area contributed by atoms with Gasteiger partial charge in [0.15, 0.2) is 0 Å². The van der Waals surface area contributed by atoms with E-state index in [0.29, 0.717) is 12.5 Å². The summed E-state index contributed by atoms with van der Waals surface area (Å²) in [6.45, 7) is 2.69. The van der Waals surface area contributed by atoms with E-state index >= 15 is 0 Å². The maximum Gasteiger partial charge on any atom is 0.220 e. The highest BCUT2D eigenvalue weighted by Crippen LogP contribution is 2.21. The molecule has 0 bridgehead atoms. The van der Waals surface area contributed by atoms with Crippen molar-refractivity contribution in [2.45, 2.75) is 13.0 Å². The molecule has 74 valence electrons. The van der Waals surface area contributed by atoms with Crippen LogP contribution in [-0.2, 0) is 4.74 Å². The van der Waals surface area contributed by atoms with E-state index in [1.807, 2.05) is 31.2 Å². The highest BCUT2D eigenvalue weighted by molar-refractivity contribution is 5.97. The third-order valence-corrected chi connectivity index (χ3v) is 2.14. The first-order valence-electron chi connectivity index (χ1n) is 4.65. The van der Waals surface area contributed by atoms with Gasteiger partial charge in [0.1, 0.15) is 12.4 Å². The summed E-state index contributed by atoms with van der Waals surface area (Å²) in [6.07, 6.45) is 0. The van der Waals surface area contributed by atoms with E-state index in [1.165, 1.54) is 0 Å². The lowest BCUT2D eigenvalue weighted by atomic mass is 10.2. The predicted molar refractivity (Wildman–Crippen MR) is 54.9 cm³/mol. The Bertz CT molecular complexity index is 360. The molecule has 1 aromatic rings. The number of methoxy groups -OCH3 is 1. The van der Waals surface area contributed by atoms with Crippen LogP contribution in [0.15, 0.2) is 29.3 Å². The first-order chi connectivity index (χ1) is 6.81. The monoisotopic (exact) mass is 191 g/mol. The quantitative estimate of drug-likeness (QED) is 0.714. The Morgan fingerprint density at radius 1 is 1.43 bits per heavy atom. The van der Waals surface area contributed by atoms with Crippen molar-refractivity contribution in [2.75, 3.05) is 13.7 Å². The van der Waals surface area contributed by atoms with Gasteiger partial charge < -0.3 is 9.47 Å². The number of nitrogens with zero attached hydrogens (tertiary/aromatic N) is 1. The lowest BCUT2D eigenvalue weighted by Gasteiger charge is -2.06. The van der Waals surface area contributed by atoms with Crippen LogP contribution in [0.1, 0.15) is 12.5 Å². The van der Waals surface area contributed by atoms with Gasteiger partial charge in [0.25, 0.3) is 0 Å². The zero-order chi connectivity index (χ0) is 9.97. The van der Waals surface area contributed by atoms with E-state index in [0.717, 1.165) is 11.3 Å². The fourth-order valence-electron chi connectivity index (χ4n) is 1.44. The Kier molecular flexibility index (Phi) is 2.39. The summed E-state index contributed by atoms with van der Waals surface area (Å²) in [6, 6.07) is 7.99. The van der Waals surface area contributed by atoms with Gasteiger partial charge in [-0.3, -0.25) is 0 Å². The van der Waals surface area contributed by atoms with E-state index in [9.17, 15) is 0 Å². The molecule has 0 aromatic heterocycles. The van der Waals surface area contributed by atoms with Crippen LogP contribution in [0.3, 0.4) is 0 Å². The van der Waals surface area contributed by atoms with Gasteiger partial charge in [-0.2, -0.15) is 0 Å². The minimum atomic E-state index is 0.245. The van der Waals surface area contributed by atoms with Gasteiger partial charge in [0.05, 0.1) is 18.7 Å². The second-order valence-corrected chi connectivity index (χ2v) is 3.29. The van der Waals surface area contributed by atoms with Crippen molar-refractivity contribution in [2.24, 2.45) is 4.99 Å². The molecular weight excluding hydrogens is 178 g/mol. The number of aliphatic imine (C=N–C) groups is 1. The summed E-state index contributed by atoms with van der Waals surface area (Å²) in [5, 5.41) is 0. The maximum atomic E-state index is 5.46. The molecule has 1 heterocycles. The average Bonchev–Trinajstić information content (AvgIpc) is 2.65. The van der Waals surface area contributed by atoms with Crippen LogP contribution < -0.4 is 4.74 Å². The van der Waals surface area contributed by atoms with E-state index in [-0.39, 0.29) is 6.04 Å². The third kappa shape index (κ3) is 1.58. The summed E-state index contributed by atoms with van der Waals surface area (Å²) in [5.74, 6) is 1.50. The first-order valence-corrected chi connectivity index (χ1v) is 4.65. The molecule has 3 heteroatoms. The van der Waals surface area contributed by atoms with Crippen LogP contribution in [0.2, 0.25) is 0 Å². The van der Waals surface area contributed by atoms with E-state index < -0.39 is 0 Å². The van der Waals surface area contributed by atoms with Crippen LogP contribution in [-0.4, -0.2) is 25.7 Å². The highest BCUT2D eigenvalue weighted by Gasteiger charge is 2.18. The number of ether oxygens (including phenoxy) is 2. The molecule has 0 saturated heterocycles. The van der Waals surface area contributed by atoms with Gasteiger partial charge in [-0.05, 0) is 19.1 Å². The van der Waals surface area contributed by atoms with Gasteiger partial charge in [0.2, 0.25) is 5.90 Å². The summed E-state index contributed by atoms with van der Waals surface area (Å²) in [4.78, 5) is 4.38. The summed E-state index contributed by atoms with van der Waals surface area (Å²) < 4.78 is 10.7. The molecule has 0 spiro atoms. The molecule has 1 aromatic carbocycles. The Morgan fingerprint density at radius 3 is 2.86 bits per heavy atom. The summed E-state index contributed by atoms with van der Waals surface area (Å²) >= 11 is 0. The molecule has 14 heavy (non-hydrogen) atoms. The normalized spacial score (nSPS) is 20.1. The molecule has 0 saturated carbocycles. The minimum Gasteiger partial charge on any atom is -0.496 e. The summed E-state index contributed by atoms with van der Waals surface area (Å²) in [5.41, 5.74) is 0.930. The minimum absolute atomic E-state index is 0.245. The fourth-order valence-corrected chi connectivity index (χ4v) is 1.44. The van der Waals surface area contributed by atoms with Crippen LogP contribution in [0.4, 0.5) is 0 Å². The summed E-state index contributed by atoms with van der Waals surface area (Å²) in [7, 11) is 1.65. The van der Waals surface area contributed by atoms with Crippen molar-refractivity contribution in [1.29, 1.82) is 0 Å². The standard InChI is InChI=1S/C11H13NO2/c1-8-7-14-11(12-8)9-5-3-4-6-10(9)13-2/h3-6,8H,7H2,1-2H3. The van der Waals surface area contributed by atoms with Crippen molar-refractivity contribution in [3.8, 4) is 5.75 Å². The Balaban J connectivity index is 2.36. The van der Waals surface area contributed by atoms with Crippen LogP contribution in [0, 0.1) is 0 Å². The number of para-hydroxylation sites is 1. The van der Waals surface area contributed by atoms with Gasteiger partial charge in [-0.1, -0.05) is 12.1 Å². The molecule has 0 aliphatic carbocycles. The third-order valence-electron chi connectivity index (χ3n) is 2.14. The first kappa shape index (κ1) is 9.06. The van der Waals surface area contributed by atoms with E-state index in [2.05, 4.69) is 4.99 Å². The molecule has 3 nitrogen and oxygen atoms in total. The van der Waals surface area contributed by atoms with Crippen molar-refractivity contribution in [3.05, 3.63) is 29.8 Å². The Hall–Kier alpha value is -1.51. The van der Waals surface area contributed by atoms with E-state index in [1.54, 1.807) is 7.11 Å². The molecule has 0 N–H and O–H groups in total. The van der Waals surface area contributed by atoms with Crippen molar-refractivity contribution in [3.63, 3.8) is 0 Å². The predicted octanol–water partition coefficient (Wildman–Crippen LogP) is 1.86.